The highest BCUT2D eigenvalue weighted by Crippen LogP contribution is 2.30. The Labute approximate surface area is 181 Å². The summed E-state index contributed by atoms with van der Waals surface area (Å²) < 4.78 is 0. The lowest BCUT2D eigenvalue weighted by molar-refractivity contribution is -0.124. The molecule has 0 aliphatic carbocycles. The number of benzene rings is 1. The third kappa shape index (κ3) is 5.33. The predicted octanol–water partition coefficient (Wildman–Crippen LogP) is 0.513. The number of phenolic OH excluding ortho intramolecular Hbond substituents is 1. The summed E-state index contributed by atoms with van der Waals surface area (Å²) in [7, 11) is 3.09. The maximum absolute atomic E-state index is 12.6. The molecule has 1 aliphatic rings. The van der Waals surface area contributed by atoms with Crippen LogP contribution in [0.15, 0.2) is 29.6 Å². The van der Waals surface area contributed by atoms with Crippen molar-refractivity contribution in [1.29, 1.82) is 0 Å². The largest absolute Gasteiger partial charge is 0.505 e. The predicted molar refractivity (Wildman–Crippen MR) is 115 cm³/mol. The lowest BCUT2D eigenvalue weighted by Gasteiger charge is -2.24. The molecule has 1 heterocycles. The number of rotatable bonds is 8. The van der Waals surface area contributed by atoms with E-state index in [2.05, 4.69) is 21.3 Å². The summed E-state index contributed by atoms with van der Waals surface area (Å²) in [6.07, 6.45) is 0. The van der Waals surface area contributed by atoms with Gasteiger partial charge < -0.3 is 26.0 Å². The van der Waals surface area contributed by atoms with Crippen LogP contribution in [0.4, 0.5) is 5.69 Å². The molecule has 0 aromatic heterocycles. The van der Waals surface area contributed by atoms with Gasteiger partial charge in [0, 0.05) is 20.1 Å². The molecule has 1 aromatic carbocycles. The summed E-state index contributed by atoms with van der Waals surface area (Å²) in [4.78, 5) is 50.9. The Morgan fingerprint density at radius 3 is 2.19 bits per heavy atom. The van der Waals surface area contributed by atoms with E-state index in [0.29, 0.717) is 0 Å². The van der Waals surface area contributed by atoms with Gasteiger partial charge >= 0.3 is 0 Å². The monoisotopic (exact) mass is 431 g/mol. The number of para-hydroxylation sites is 1. The van der Waals surface area contributed by atoms with Crippen molar-refractivity contribution in [3.05, 3.63) is 35.2 Å². The van der Waals surface area contributed by atoms with Crippen molar-refractivity contribution in [2.75, 3.05) is 19.4 Å². The topological polar surface area (TPSA) is 140 Å². The smallest absolute Gasteiger partial charge is 0.276 e. The van der Waals surface area contributed by atoms with Gasteiger partial charge in [0.25, 0.3) is 17.7 Å². The quantitative estimate of drug-likeness (QED) is 0.298. The van der Waals surface area contributed by atoms with E-state index in [0.717, 1.165) is 0 Å². The van der Waals surface area contributed by atoms with Crippen LogP contribution in [0.2, 0.25) is 0 Å². The Kier molecular flexibility index (Phi) is 7.27. The average Bonchev–Trinajstić information content (AvgIpc) is 2.92. The van der Waals surface area contributed by atoms with Crippen LogP contribution in [-0.4, -0.2) is 59.8 Å². The molecule has 0 saturated carbocycles. The lowest BCUT2D eigenvalue weighted by Crippen LogP contribution is -2.50. The van der Waals surface area contributed by atoms with Crippen LogP contribution < -0.4 is 21.3 Å². The molecule has 2 rings (SSSR count). The molecule has 10 heteroatoms. The number of hydrogen-bond acceptors (Lipinski definition) is 7. The molecular weight excluding hydrogens is 402 g/mol. The van der Waals surface area contributed by atoms with Crippen molar-refractivity contribution in [1.82, 2.24) is 20.9 Å². The molecule has 0 unspecified atom stereocenters. The number of nitrogens with one attached hydrogen (secondary N) is 4. The van der Waals surface area contributed by atoms with E-state index < -0.39 is 23.8 Å². The Morgan fingerprint density at radius 1 is 1.03 bits per heavy atom. The van der Waals surface area contributed by atoms with Crippen molar-refractivity contribution >= 4 is 29.3 Å². The Morgan fingerprint density at radius 2 is 1.65 bits per heavy atom. The summed E-state index contributed by atoms with van der Waals surface area (Å²) in [6, 6.07) is 3.57. The zero-order valence-electron chi connectivity index (χ0n) is 18.5. The number of anilines is 1. The molecule has 31 heavy (non-hydrogen) atoms. The summed E-state index contributed by atoms with van der Waals surface area (Å²) in [5.74, 6) is -2.71. The molecular formula is C21H29N5O5. The highest BCUT2D eigenvalue weighted by molar-refractivity contribution is 6.20. The lowest BCUT2D eigenvalue weighted by atomic mass is 10.0. The van der Waals surface area contributed by atoms with E-state index in [1.165, 1.54) is 23.1 Å². The molecule has 5 N–H and O–H groups in total. The summed E-state index contributed by atoms with van der Waals surface area (Å²) in [5, 5.41) is 21.1. The minimum Gasteiger partial charge on any atom is -0.505 e. The van der Waals surface area contributed by atoms with E-state index in [1.54, 1.807) is 14.1 Å². The zero-order valence-corrected chi connectivity index (χ0v) is 18.5. The van der Waals surface area contributed by atoms with Crippen molar-refractivity contribution in [3.63, 3.8) is 0 Å². The van der Waals surface area contributed by atoms with Crippen molar-refractivity contribution in [3.8, 4) is 5.75 Å². The first-order valence-electron chi connectivity index (χ1n) is 9.91. The van der Waals surface area contributed by atoms with Gasteiger partial charge in [-0.3, -0.25) is 24.5 Å². The van der Waals surface area contributed by atoms with E-state index in [1.807, 2.05) is 27.7 Å². The first-order valence-corrected chi connectivity index (χ1v) is 9.91. The van der Waals surface area contributed by atoms with Crippen molar-refractivity contribution in [2.45, 2.75) is 39.8 Å². The molecule has 1 atom stereocenters. The van der Waals surface area contributed by atoms with Gasteiger partial charge in [-0.2, -0.15) is 0 Å². The van der Waals surface area contributed by atoms with Gasteiger partial charge in [-0.25, -0.2) is 0 Å². The maximum Gasteiger partial charge on any atom is 0.276 e. The second-order valence-corrected chi connectivity index (χ2v) is 8.09. The van der Waals surface area contributed by atoms with Gasteiger partial charge in [0.05, 0.1) is 11.3 Å². The standard InChI is InChI=1S/C21H29N5O5/c1-10(2)14(18(28)22-11(3)4)24-16-15(19(29)25-20(16)30)23-13-9-7-8-12(17(13)27)21(31)26(5)6/h7-11,14,27H,1-6H3,(H,22,28)(H3,23,24,25,29,30)/t14-/m1/s1. The molecule has 0 radical (unpaired) electrons. The minimum absolute atomic E-state index is 0.0335. The van der Waals surface area contributed by atoms with Gasteiger partial charge in [0.15, 0.2) is 5.75 Å². The second kappa shape index (κ2) is 9.50. The zero-order chi connectivity index (χ0) is 23.5. The van der Waals surface area contributed by atoms with E-state index in [-0.39, 0.29) is 46.3 Å². The van der Waals surface area contributed by atoms with Crippen LogP contribution in [0.25, 0.3) is 0 Å². The van der Waals surface area contributed by atoms with Gasteiger partial charge in [0.2, 0.25) is 5.91 Å². The molecule has 0 spiro atoms. The normalized spacial score (nSPS) is 14.6. The highest BCUT2D eigenvalue weighted by atomic mass is 16.3. The number of hydrogen-bond donors (Lipinski definition) is 5. The van der Waals surface area contributed by atoms with Gasteiger partial charge in [-0.15, -0.1) is 0 Å². The van der Waals surface area contributed by atoms with E-state index in [9.17, 15) is 24.3 Å². The number of aromatic hydroxyl groups is 1. The van der Waals surface area contributed by atoms with Gasteiger partial charge in [0.1, 0.15) is 17.4 Å². The van der Waals surface area contributed by atoms with Crippen molar-refractivity contribution in [2.24, 2.45) is 5.92 Å². The number of imide groups is 1. The molecule has 168 valence electrons. The molecule has 1 aliphatic heterocycles. The van der Waals surface area contributed by atoms with Crippen LogP contribution in [0.5, 0.6) is 5.75 Å². The Hall–Kier alpha value is -3.56. The van der Waals surface area contributed by atoms with Crippen LogP contribution in [0.1, 0.15) is 38.1 Å². The number of phenols is 1. The third-order valence-electron chi connectivity index (χ3n) is 4.54. The highest BCUT2D eigenvalue weighted by Gasteiger charge is 2.35. The van der Waals surface area contributed by atoms with Crippen LogP contribution in [0.3, 0.4) is 0 Å². The first-order chi connectivity index (χ1) is 14.4. The fourth-order valence-electron chi connectivity index (χ4n) is 2.97. The minimum atomic E-state index is -0.777. The molecule has 1 aromatic rings. The third-order valence-corrected chi connectivity index (χ3v) is 4.54. The molecule has 0 saturated heterocycles. The molecule has 4 amide bonds. The van der Waals surface area contributed by atoms with E-state index in [4.69, 9.17) is 0 Å². The number of carbonyl (C=O) groups excluding carboxylic acids is 4. The summed E-state index contributed by atoms with van der Waals surface area (Å²) in [5.41, 5.74) is -0.171. The Bertz CT molecular complexity index is 936. The van der Waals surface area contributed by atoms with E-state index >= 15 is 0 Å². The molecule has 0 fully saturated rings. The number of carbonyl (C=O) groups is 4. The number of nitrogens with zero attached hydrogens (tertiary/aromatic N) is 1. The number of amides is 4. The summed E-state index contributed by atoms with van der Waals surface area (Å²) >= 11 is 0. The molecule has 10 nitrogen and oxygen atoms in total. The van der Waals surface area contributed by atoms with Crippen molar-refractivity contribution < 1.29 is 24.3 Å². The Balaban J connectivity index is 2.42. The van der Waals surface area contributed by atoms with Gasteiger partial charge in [-0.05, 0) is 31.9 Å². The SMILES string of the molecule is CC(C)NC(=O)[C@H](NC1=C(Nc2cccc(C(=O)N(C)C)c2O)C(=O)NC1=O)C(C)C. The fourth-order valence-corrected chi connectivity index (χ4v) is 2.97. The fraction of sp³-hybridized carbons (Fsp3) is 0.429. The van der Waals surface area contributed by atoms with Crippen LogP contribution in [0, 0.1) is 5.92 Å². The first kappa shape index (κ1) is 23.7. The molecule has 0 bridgehead atoms. The van der Waals surface area contributed by atoms with Crippen LogP contribution in [-0.2, 0) is 14.4 Å². The van der Waals surface area contributed by atoms with Gasteiger partial charge in [-0.1, -0.05) is 19.9 Å². The average molecular weight is 431 g/mol. The van der Waals surface area contributed by atoms with Crippen LogP contribution >= 0.6 is 0 Å². The second-order valence-electron chi connectivity index (χ2n) is 8.09. The summed E-state index contributed by atoms with van der Waals surface area (Å²) in [6.45, 7) is 7.25. The maximum atomic E-state index is 12.6.